The van der Waals surface area contributed by atoms with Crippen molar-refractivity contribution >= 4 is 0 Å². The molecule has 0 amide bonds. The van der Waals surface area contributed by atoms with Crippen molar-refractivity contribution in [2.45, 2.75) is 26.2 Å². The van der Waals surface area contributed by atoms with Crippen LogP contribution in [0.15, 0.2) is 47.0 Å². The van der Waals surface area contributed by atoms with Gasteiger partial charge >= 0.3 is 0 Å². The Labute approximate surface area is 147 Å². The first-order chi connectivity index (χ1) is 12.2. The summed E-state index contributed by atoms with van der Waals surface area (Å²) in [5, 5.41) is 4.09. The molecule has 0 saturated heterocycles. The van der Waals surface area contributed by atoms with Gasteiger partial charge in [0.1, 0.15) is 0 Å². The average molecular weight is 338 g/mol. The van der Waals surface area contributed by atoms with Gasteiger partial charge in [0.2, 0.25) is 0 Å². The second-order valence-electron chi connectivity index (χ2n) is 5.83. The van der Waals surface area contributed by atoms with E-state index in [-0.39, 0.29) is 0 Å². The first kappa shape index (κ1) is 17.0. The van der Waals surface area contributed by atoms with Gasteiger partial charge in [0.25, 0.3) is 5.89 Å². The molecule has 2 aromatic carbocycles. The van der Waals surface area contributed by atoms with E-state index in [9.17, 15) is 0 Å². The van der Waals surface area contributed by atoms with Crippen molar-refractivity contribution in [3.8, 4) is 23.0 Å². The monoisotopic (exact) mass is 338 g/mol. The van der Waals surface area contributed by atoms with Crippen LogP contribution in [-0.2, 0) is 12.8 Å². The number of rotatable bonds is 7. The minimum Gasteiger partial charge on any atom is -0.493 e. The lowest BCUT2D eigenvalue weighted by molar-refractivity contribution is 0.354. The van der Waals surface area contributed by atoms with E-state index in [2.05, 4.69) is 29.2 Å². The molecule has 0 aliphatic heterocycles. The van der Waals surface area contributed by atoms with Gasteiger partial charge in [-0.1, -0.05) is 36.7 Å². The lowest BCUT2D eigenvalue weighted by Gasteiger charge is -2.08. The quantitative estimate of drug-likeness (QED) is 0.643. The van der Waals surface area contributed by atoms with Crippen molar-refractivity contribution in [1.29, 1.82) is 0 Å². The largest absolute Gasteiger partial charge is 0.493 e. The number of aryl methyl sites for hydroxylation is 1. The highest BCUT2D eigenvalue weighted by atomic mass is 16.5. The molecule has 130 valence electrons. The molecule has 0 radical (unpaired) electrons. The summed E-state index contributed by atoms with van der Waals surface area (Å²) in [4.78, 5) is 4.50. The Morgan fingerprint density at radius 3 is 2.32 bits per heavy atom. The van der Waals surface area contributed by atoms with Crippen LogP contribution >= 0.6 is 0 Å². The van der Waals surface area contributed by atoms with Gasteiger partial charge in [-0.3, -0.25) is 0 Å². The van der Waals surface area contributed by atoms with Gasteiger partial charge in [0.15, 0.2) is 17.3 Å². The number of ether oxygens (including phenoxy) is 2. The van der Waals surface area contributed by atoms with Crippen LogP contribution in [-0.4, -0.2) is 24.4 Å². The number of benzene rings is 2. The van der Waals surface area contributed by atoms with Gasteiger partial charge in [-0.25, -0.2) is 0 Å². The highest BCUT2D eigenvalue weighted by Gasteiger charge is 2.11. The molecule has 0 aliphatic rings. The standard InChI is InChI=1S/C20H22N2O3/c1-4-5-14-6-9-16(10-7-14)20-21-19(22-25-20)13-15-8-11-17(23-2)18(12-15)24-3/h6-12H,4-5,13H2,1-3H3. The minimum atomic E-state index is 0.540. The number of hydrogen-bond acceptors (Lipinski definition) is 5. The molecule has 5 nitrogen and oxygen atoms in total. The summed E-state index contributed by atoms with van der Waals surface area (Å²) < 4.78 is 16.0. The Morgan fingerprint density at radius 1 is 0.920 bits per heavy atom. The minimum absolute atomic E-state index is 0.540. The van der Waals surface area contributed by atoms with E-state index in [1.165, 1.54) is 5.56 Å². The van der Waals surface area contributed by atoms with Crippen LogP contribution in [0.3, 0.4) is 0 Å². The topological polar surface area (TPSA) is 57.4 Å². The van der Waals surface area contributed by atoms with E-state index in [1.54, 1.807) is 14.2 Å². The molecular weight excluding hydrogens is 316 g/mol. The van der Waals surface area contributed by atoms with Crippen LogP contribution in [0.1, 0.15) is 30.3 Å². The van der Waals surface area contributed by atoms with Crippen LogP contribution in [0.4, 0.5) is 0 Å². The maximum Gasteiger partial charge on any atom is 0.257 e. The molecule has 0 atom stereocenters. The van der Waals surface area contributed by atoms with E-state index >= 15 is 0 Å². The Bertz CT molecular complexity index is 825. The molecule has 3 rings (SSSR count). The van der Waals surface area contributed by atoms with Crippen LogP contribution < -0.4 is 9.47 Å². The van der Waals surface area contributed by atoms with Crippen LogP contribution in [0.25, 0.3) is 11.5 Å². The van der Waals surface area contributed by atoms with E-state index in [1.807, 2.05) is 30.3 Å². The molecule has 0 bridgehead atoms. The molecule has 1 aromatic heterocycles. The van der Waals surface area contributed by atoms with E-state index < -0.39 is 0 Å². The SMILES string of the molecule is CCCc1ccc(-c2nc(Cc3ccc(OC)c(OC)c3)no2)cc1. The first-order valence-electron chi connectivity index (χ1n) is 8.36. The molecule has 25 heavy (non-hydrogen) atoms. The first-order valence-corrected chi connectivity index (χ1v) is 8.36. The van der Waals surface area contributed by atoms with Gasteiger partial charge in [-0.15, -0.1) is 0 Å². The molecule has 0 aliphatic carbocycles. The summed E-state index contributed by atoms with van der Waals surface area (Å²) in [6.07, 6.45) is 2.78. The molecule has 0 N–H and O–H groups in total. The smallest absolute Gasteiger partial charge is 0.257 e. The van der Waals surface area contributed by atoms with Crippen molar-refractivity contribution in [3.05, 3.63) is 59.4 Å². The van der Waals surface area contributed by atoms with Crippen molar-refractivity contribution in [3.63, 3.8) is 0 Å². The van der Waals surface area contributed by atoms with Crippen molar-refractivity contribution in [2.24, 2.45) is 0 Å². The van der Waals surface area contributed by atoms with E-state index in [0.29, 0.717) is 29.6 Å². The zero-order valence-corrected chi connectivity index (χ0v) is 14.8. The zero-order valence-electron chi connectivity index (χ0n) is 14.8. The third-order valence-electron chi connectivity index (χ3n) is 4.02. The normalized spacial score (nSPS) is 10.7. The summed E-state index contributed by atoms with van der Waals surface area (Å²) in [6, 6.07) is 14.0. The maximum atomic E-state index is 5.41. The molecule has 0 fully saturated rings. The highest BCUT2D eigenvalue weighted by Crippen LogP contribution is 2.28. The summed E-state index contributed by atoms with van der Waals surface area (Å²) >= 11 is 0. The number of nitrogens with zero attached hydrogens (tertiary/aromatic N) is 2. The Balaban J connectivity index is 1.75. The fraction of sp³-hybridized carbons (Fsp3) is 0.300. The Hall–Kier alpha value is -2.82. The predicted molar refractivity (Wildman–Crippen MR) is 96.1 cm³/mol. The predicted octanol–water partition coefficient (Wildman–Crippen LogP) is 4.30. The van der Waals surface area contributed by atoms with Crippen molar-refractivity contribution < 1.29 is 14.0 Å². The molecule has 0 saturated carbocycles. The fourth-order valence-electron chi connectivity index (χ4n) is 2.72. The lowest BCUT2D eigenvalue weighted by atomic mass is 10.1. The third-order valence-corrected chi connectivity index (χ3v) is 4.02. The van der Waals surface area contributed by atoms with Gasteiger partial charge in [-0.2, -0.15) is 4.98 Å². The van der Waals surface area contributed by atoms with E-state index in [0.717, 1.165) is 24.0 Å². The Morgan fingerprint density at radius 2 is 1.64 bits per heavy atom. The van der Waals surface area contributed by atoms with Crippen molar-refractivity contribution in [1.82, 2.24) is 10.1 Å². The molecule has 1 heterocycles. The molecular formula is C20H22N2O3. The number of hydrogen-bond donors (Lipinski definition) is 0. The van der Waals surface area contributed by atoms with Crippen LogP contribution in [0, 0.1) is 0 Å². The summed E-state index contributed by atoms with van der Waals surface area (Å²) in [5.41, 5.74) is 3.28. The summed E-state index contributed by atoms with van der Waals surface area (Å²) in [6.45, 7) is 2.17. The van der Waals surface area contributed by atoms with Gasteiger partial charge in [0.05, 0.1) is 14.2 Å². The number of methoxy groups -OCH3 is 2. The lowest BCUT2D eigenvalue weighted by Crippen LogP contribution is -1.95. The third kappa shape index (κ3) is 3.99. The molecule has 0 spiro atoms. The second-order valence-corrected chi connectivity index (χ2v) is 5.83. The zero-order chi connectivity index (χ0) is 17.6. The average Bonchev–Trinajstić information content (AvgIpc) is 3.11. The van der Waals surface area contributed by atoms with Crippen molar-refractivity contribution in [2.75, 3.05) is 14.2 Å². The number of aromatic nitrogens is 2. The molecule has 5 heteroatoms. The van der Waals surface area contributed by atoms with Gasteiger partial charge in [0, 0.05) is 12.0 Å². The summed E-state index contributed by atoms with van der Waals surface area (Å²) in [7, 11) is 3.24. The van der Waals surface area contributed by atoms with E-state index in [4.69, 9.17) is 14.0 Å². The van der Waals surface area contributed by atoms with Crippen LogP contribution in [0.5, 0.6) is 11.5 Å². The Kier molecular flexibility index (Phi) is 5.33. The fourth-order valence-corrected chi connectivity index (χ4v) is 2.72. The highest BCUT2D eigenvalue weighted by molar-refractivity contribution is 5.53. The molecule has 0 unspecified atom stereocenters. The van der Waals surface area contributed by atoms with Gasteiger partial charge in [-0.05, 0) is 41.8 Å². The van der Waals surface area contributed by atoms with Crippen LogP contribution in [0.2, 0.25) is 0 Å². The van der Waals surface area contributed by atoms with Gasteiger partial charge < -0.3 is 14.0 Å². The molecule has 3 aromatic rings. The second kappa shape index (κ2) is 7.83. The maximum absolute atomic E-state index is 5.41. The summed E-state index contributed by atoms with van der Waals surface area (Å²) in [5.74, 6) is 2.57.